The van der Waals surface area contributed by atoms with Crippen LogP contribution >= 0.6 is 15.9 Å². The van der Waals surface area contributed by atoms with E-state index in [4.69, 9.17) is 5.73 Å². The highest BCUT2D eigenvalue weighted by Crippen LogP contribution is 2.15. The predicted molar refractivity (Wildman–Crippen MR) is 68.3 cm³/mol. The second-order valence-corrected chi connectivity index (χ2v) is 4.37. The molecule has 2 N–H and O–H groups in total. The maximum absolute atomic E-state index is 11.0. The minimum Gasteiger partial charge on any atom is -0.368 e. The number of nitrogens with zero attached hydrogens (tertiary/aromatic N) is 2. The van der Waals surface area contributed by atoms with Gasteiger partial charge in [0.2, 0.25) is 5.91 Å². The Balaban J connectivity index is 2.78. The summed E-state index contributed by atoms with van der Waals surface area (Å²) < 4.78 is 0.760. The lowest BCUT2D eigenvalue weighted by atomic mass is 10.3. The van der Waals surface area contributed by atoms with Crippen molar-refractivity contribution in [2.45, 2.75) is 19.8 Å². The van der Waals surface area contributed by atoms with Crippen LogP contribution in [-0.2, 0) is 4.79 Å². The van der Waals surface area contributed by atoms with E-state index in [1.165, 1.54) is 0 Å². The molecule has 0 fully saturated rings. The molecule has 0 spiro atoms. The molecular weight excluding hydrogens is 270 g/mol. The third kappa shape index (κ3) is 4.18. The van der Waals surface area contributed by atoms with E-state index in [9.17, 15) is 4.79 Å². The second-order valence-electron chi connectivity index (χ2n) is 3.56. The van der Waals surface area contributed by atoms with Crippen LogP contribution in [0.3, 0.4) is 0 Å². The Hall–Kier alpha value is -1.10. The molecule has 0 aliphatic heterocycles. The topological polar surface area (TPSA) is 59.2 Å². The first-order valence-electron chi connectivity index (χ1n) is 5.29. The van der Waals surface area contributed by atoms with E-state index >= 15 is 0 Å². The van der Waals surface area contributed by atoms with E-state index in [1.54, 1.807) is 0 Å². The minimum absolute atomic E-state index is 0.212. The number of anilines is 1. The third-order valence-corrected chi connectivity index (χ3v) is 2.59. The number of nitrogens with two attached hydrogens (primary N) is 1. The highest BCUT2D eigenvalue weighted by Gasteiger charge is 2.10. The van der Waals surface area contributed by atoms with E-state index in [2.05, 4.69) is 27.8 Å². The van der Waals surface area contributed by atoms with Gasteiger partial charge in [0.1, 0.15) is 10.4 Å². The van der Waals surface area contributed by atoms with Gasteiger partial charge in [-0.3, -0.25) is 4.79 Å². The largest absolute Gasteiger partial charge is 0.368 e. The summed E-state index contributed by atoms with van der Waals surface area (Å²) in [6.45, 7) is 3.11. The Morgan fingerprint density at radius 3 is 2.88 bits per heavy atom. The average Bonchev–Trinajstić information content (AvgIpc) is 2.23. The number of amides is 1. The van der Waals surface area contributed by atoms with Crippen LogP contribution in [0.25, 0.3) is 0 Å². The van der Waals surface area contributed by atoms with Gasteiger partial charge in [0.15, 0.2) is 0 Å². The zero-order valence-electron chi connectivity index (χ0n) is 9.32. The third-order valence-electron chi connectivity index (χ3n) is 2.15. The molecule has 0 atom stereocenters. The van der Waals surface area contributed by atoms with Crippen molar-refractivity contribution in [3.8, 4) is 0 Å². The van der Waals surface area contributed by atoms with Crippen molar-refractivity contribution in [2.75, 3.05) is 18.0 Å². The Morgan fingerprint density at radius 2 is 2.31 bits per heavy atom. The molecule has 1 aromatic heterocycles. The lowest BCUT2D eigenvalue weighted by molar-refractivity contribution is -0.116. The van der Waals surface area contributed by atoms with Crippen LogP contribution in [0.15, 0.2) is 22.8 Å². The normalized spacial score (nSPS) is 10.1. The van der Waals surface area contributed by atoms with E-state index in [0.29, 0.717) is 0 Å². The summed E-state index contributed by atoms with van der Waals surface area (Å²) in [5.74, 6) is 0.444. The van der Waals surface area contributed by atoms with Gasteiger partial charge >= 0.3 is 0 Å². The fourth-order valence-corrected chi connectivity index (χ4v) is 1.72. The summed E-state index contributed by atoms with van der Waals surface area (Å²) in [6, 6.07) is 5.63. The van der Waals surface area contributed by atoms with Gasteiger partial charge in [0.05, 0.1) is 6.54 Å². The highest BCUT2D eigenvalue weighted by atomic mass is 79.9. The van der Waals surface area contributed by atoms with Gasteiger partial charge in [-0.1, -0.05) is 19.4 Å². The van der Waals surface area contributed by atoms with Crippen molar-refractivity contribution in [1.29, 1.82) is 0 Å². The zero-order valence-corrected chi connectivity index (χ0v) is 10.9. The van der Waals surface area contributed by atoms with Gasteiger partial charge in [0, 0.05) is 6.54 Å². The molecule has 5 heteroatoms. The molecule has 0 radical (unpaired) electrons. The van der Waals surface area contributed by atoms with Gasteiger partial charge in [-0.25, -0.2) is 4.98 Å². The van der Waals surface area contributed by atoms with Gasteiger partial charge in [0.25, 0.3) is 0 Å². The number of pyridine rings is 1. The predicted octanol–water partition coefficient (Wildman–Crippen LogP) is 1.94. The van der Waals surface area contributed by atoms with Crippen molar-refractivity contribution >= 4 is 27.7 Å². The molecule has 0 aliphatic carbocycles. The fraction of sp³-hybridized carbons (Fsp3) is 0.455. The summed E-state index contributed by atoms with van der Waals surface area (Å²) in [6.07, 6.45) is 2.09. The summed E-state index contributed by atoms with van der Waals surface area (Å²) in [5.41, 5.74) is 5.22. The summed E-state index contributed by atoms with van der Waals surface area (Å²) >= 11 is 3.31. The number of hydrogen-bond acceptors (Lipinski definition) is 3. The number of primary amides is 1. The molecule has 0 saturated carbocycles. The standard InChI is InChI=1S/C11H16BrN3O/c1-2-3-7-15(8-10(13)16)11-6-4-5-9(12)14-11/h4-6H,2-3,7-8H2,1H3,(H2,13,16). The average molecular weight is 286 g/mol. The van der Waals surface area contributed by atoms with Crippen molar-refractivity contribution in [3.05, 3.63) is 22.8 Å². The van der Waals surface area contributed by atoms with E-state index < -0.39 is 0 Å². The summed E-state index contributed by atoms with van der Waals surface area (Å²) in [4.78, 5) is 17.2. The minimum atomic E-state index is -0.335. The first kappa shape index (κ1) is 13.0. The number of hydrogen-bond donors (Lipinski definition) is 1. The molecular formula is C11H16BrN3O. The molecule has 1 aromatic rings. The second kappa shape index (κ2) is 6.48. The Bertz CT molecular complexity index is 357. The molecule has 0 aliphatic rings. The van der Waals surface area contributed by atoms with E-state index in [0.717, 1.165) is 29.8 Å². The van der Waals surface area contributed by atoms with Gasteiger partial charge < -0.3 is 10.6 Å². The van der Waals surface area contributed by atoms with Gasteiger partial charge in [-0.15, -0.1) is 0 Å². The number of aromatic nitrogens is 1. The van der Waals surface area contributed by atoms with Gasteiger partial charge in [-0.05, 0) is 34.5 Å². The van der Waals surface area contributed by atoms with Crippen LogP contribution < -0.4 is 10.6 Å². The number of rotatable bonds is 6. The SMILES string of the molecule is CCCCN(CC(N)=O)c1cccc(Br)n1. The smallest absolute Gasteiger partial charge is 0.236 e. The van der Waals surface area contributed by atoms with Crippen LogP contribution in [0.2, 0.25) is 0 Å². The van der Waals surface area contributed by atoms with Crippen LogP contribution in [0.5, 0.6) is 0 Å². The quantitative estimate of drug-likeness (QED) is 0.813. The number of carbonyl (C=O) groups is 1. The van der Waals surface area contributed by atoms with Crippen molar-refractivity contribution in [3.63, 3.8) is 0 Å². The lowest BCUT2D eigenvalue weighted by Crippen LogP contribution is -2.35. The fourth-order valence-electron chi connectivity index (χ4n) is 1.39. The highest BCUT2D eigenvalue weighted by molar-refractivity contribution is 9.10. The maximum atomic E-state index is 11.0. The van der Waals surface area contributed by atoms with E-state index in [1.807, 2.05) is 23.1 Å². The number of halogens is 1. The van der Waals surface area contributed by atoms with Crippen molar-refractivity contribution in [1.82, 2.24) is 4.98 Å². The summed E-state index contributed by atoms with van der Waals surface area (Å²) in [5, 5.41) is 0. The molecule has 0 bridgehead atoms. The maximum Gasteiger partial charge on any atom is 0.236 e. The summed E-state index contributed by atoms with van der Waals surface area (Å²) in [7, 11) is 0. The molecule has 0 unspecified atom stereocenters. The molecule has 0 saturated heterocycles. The molecule has 1 rings (SSSR count). The first-order chi connectivity index (χ1) is 7.63. The Kier molecular flexibility index (Phi) is 5.25. The van der Waals surface area contributed by atoms with Gasteiger partial charge in [-0.2, -0.15) is 0 Å². The zero-order chi connectivity index (χ0) is 12.0. The van der Waals surface area contributed by atoms with Crippen molar-refractivity contribution in [2.24, 2.45) is 5.73 Å². The van der Waals surface area contributed by atoms with Crippen LogP contribution in [0.4, 0.5) is 5.82 Å². The molecule has 88 valence electrons. The van der Waals surface area contributed by atoms with Crippen LogP contribution in [-0.4, -0.2) is 24.0 Å². The Morgan fingerprint density at radius 1 is 1.56 bits per heavy atom. The Labute approximate surface area is 104 Å². The first-order valence-corrected chi connectivity index (χ1v) is 6.08. The number of unbranched alkanes of at least 4 members (excludes halogenated alkanes) is 1. The van der Waals surface area contributed by atoms with Crippen LogP contribution in [0.1, 0.15) is 19.8 Å². The molecule has 4 nitrogen and oxygen atoms in total. The molecule has 0 aromatic carbocycles. The number of carbonyl (C=O) groups excluding carboxylic acids is 1. The molecule has 16 heavy (non-hydrogen) atoms. The van der Waals surface area contributed by atoms with Crippen molar-refractivity contribution < 1.29 is 4.79 Å². The van der Waals surface area contributed by atoms with E-state index in [-0.39, 0.29) is 12.5 Å². The lowest BCUT2D eigenvalue weighted by Gasteiger charge is -2.21. The van der Waals surface area contributed by atoms with Crippen LogP contribution in [0, 0.1) is 0 Å². The monoisotopic (exact) mass is 285 g/mol. The molecule has 1 heterocycles. The molecule has 1 amide bonds.